The second-order valence-electron chi connectivity index (χ2n) is 5.87. The molecule has 138 valence electrons. The number of ether oxygens (including phenoxy) is 1. The quantitative estimate of drug-likeness (QED) is 0.313. The molecule has 0 spiro atoms. The number of nitrogens with zero attached hydrogens (tertiary/aromatic N) is 1. The first-order chi connectivity index (χ1) is 12.6. The zero-order valence-corrected chi connectivity index (χ0v) is 14.9. The highest BCUT2D eigenvalue weighted by molar-refractivity contribution is 5.90. The van der Waals surface area contributed by atoms with Gasteiger partial charge < -0.3 is 9.30 Å². The van der Waals surface area contributed by atoms with Gasteiger partial charge in [-0.25, -0.2) is 5.48 Å². The summed E-state index contributed by atoms with van der Waals surface area (Å²) in [6.45, 7) is 3.38. The van der Waals surface area contributed by atoms with Gasteiger partial charge in [0.15, 0.2) is 0 Å². The largest absolute Gasteiger partial charge is 0.494 e. The molecule has 0 saturated carbocycles. The van der Waals surface area contributed by atoms with Crippen molar-refractivity contribution < 1.29 is 14.7 Å². The van der Waals surface area contributed by atoms with E-state index < -0.39 is 5.91 Å². The molecule has 0 atom stereocenters. The molecule has 1 aromatic heterocycles. The monoisotopic (exact) mass is 356 g/mol. The van der Waals surface area contributed by atoms with E-state index in [0.29, 0.717) is 18.5 Å². The number of aromatic nitrogens is 1. The number of hydroxylamine groups is 1. The first-order valence-corrected chi connectivity index (χ1v) is 8.67. The Hall–Kier alpha value is -2.86. The lowest BCUT2D eigenvalue weighted by atomic mass is 10.1. The minimum atomic E-state index is -0.680. The summed E-state index contributed by atoms with van der Waals surface area (Å²) in [7, 11) is 0. The van der Waals surface area contributed by atoms with Crippen LogP contribution in [0.15, 0.2) is 53.5 Å². The molecule has 2 N–H and O–H groups in total. The van der Waals surface area contributed by atoms with Gasteiger partial charge in [-0.15, -0.1) is 0 Å². The van der Waals surface area contributed by atoms with Crippen LogP contribution in [0.5, 0.6) is 5.75 Å². The van der Waals surface area contributed by atoms with Crippen LogP contribution in [0, 0.1) is 0 Å². The van der Waals surface area contributed by atoms with Crippen LogP contribution in [0.3, 0.4) is 0 Å². The van der Waals surface area contributed by atoms with Crippen LogP contribution in [0.4, 0.5) is 0 Å². The van der Waals surface area contributed by atoms with E-state index in [4.69, 9.17) is 9.94 Å². The maximum Gasteiger partial charge on any atom is 0.267 e. The summed E-state index contributed by atoms with van der Waals surface area (Å²) < 4.78 is 7.24. The Bertz CT molecular complexity index is 794. The number of rotatable bonds is 9. The summed E-state index contributed by atoms with van der Waals surface area (Å²) in [4.78, 5) is 23.4. The molecule has 0 aliphatic heterocycles. The first kappa shape index (κ1) is 19.5. The maximum absolute atomic E-state index is 12.4. The van der Waals surface area contributed by atoms with Crippen molar-refractivity contribution in [2.45, 2.75) is 32.7 Å². The van der Waals surface area contributed by atoms with Gasteiger partial charge in [0.05, 0.1) is 6.61 Å². The second-order valence-corrected chi connectivity index (χ2v) is 5.87. The summed E-state index contributed by atoms with van der Waals surface area (Å²) in [5, 5.41) is 8.48. The normalized spacial score (nSPS) is 10.8. The third-order valence-electron chi connectivity index (χ3n) is 3.91. The molecule has 6 heteroatoms. The molecule has 0 saturated heterocycles. The Balaban J connectivity index is 1.98. The third-order valence-corrected chi connectivity index (χ3v) is 3.91. The zero-order valence-electron chi connectivity index (χ0n) is 14.9. The SMILES string of the molecule is CCCCOc1ccc(CCn2cccc(/C=C/C(=O)NO)c2=O)cc1. The summed E-state index contributed by atoms with van der Waals surface area (Å²) in [6, 6.07) is 11.3. The average Bonchev–Trinajstić information content (AvgIpc) is 2.67. The van der Waals surface area contributed by atoms with E-state index in [-0.39, 0.29) is 5.56 Å². The first-order valence-electron chi connectivity index (χ1n) is 8.67. The van der Waals surface area contributed by atoms with Crippen LogP contribution < -0.4 is 15.8 Å². The van der Waals surface area contributed by atoms with E-state index in [1.165, 1.54) is 11.6 Å². The van der Waals surface area contributed by atoms with Crippen LogP contribution in [-0.4, -0.2) is 22.3 Å². The van der Waals surface area contributed by atoms with E-state index >= 15 is 0 Å². The lowest BCUT2D eigenvalue weighted by Crippen LogP contribution is -2.22. The van der Waals surface area contributed by atoms with Gasteiger partial charge >= 0.3 is 0 Å². The van der Waals surface area contributed by atoms with Gasteiger partial charge in [0, 0.05) is 24.4 Å². The van der Waals surface area contributed by atoms with Crippen molar-refractivity contribution >= 4 is 12.0 Å². The van der Waals surface area contributed by atoms with E-state index in [1.807, 2.05) is 24.3 Å². The van der Waals surface area contributed by atoms with E-state index in [0.717, 1.165) is 36.8 Å². The molecule has 0 aliphatic rings. The van der Waals surface area contributed by atoms with Crippen LogP contribution in [0.2, 0.25) is 0 Å². The molecule has 1 aromatic carbocycles. The number of carbonyl (C=O) groups is 1. The second kappa shape index (κ2) is 10.2. The number of benzene rings is 1. The predicted octanol–water partition coefficient (Wildman–Crippen LogP) is 2.79. The Morgan fingerprint density at radius 3 is 2.73 bits per heavy atom. The molecule has 26 heavy (non-hydrogen) atoms. The number of hydrogen-bond acceptors (Lipinski definition) is 4. The molecule has 0 bridgehead atoms. The number of amides is 1. The minimum absolute atomic E-state index is 0.186. The molecular weight excluding hydrogens is 332 g/mol. The summed E-state index contributed by atoms with van der Waals surface area (Å²) >= 11 is 0. The Morgan fingerprint density at radius 1 is 1.27 bits per heavy atom. The van der Waals surface area contributed by atoms with Crippen LogP contribution in [-0.2, 0) is 17.8 Å². The number of pyridine rings is 1. The van der Waals surface area contributed by atoms with Crippen molar-refractivity contribution in [3.8, 4) is 5.75 Å². The van der Waals surface area contributed by atoms with Crippen molar-refractivity contribution in [3.63, 3.8) is 0 Å². The zero-order chi connectivity index (χ0) is 18.8. The Kier molecular flexibility index (Phi) is 7.64. The highest BCUT2D eigenvalue weighted by atomic mass is 16.5. The van der Waals surface area contributed by atoms with Crippen LogP contribution >= 0.6 is 0 Å². The number of hydrogen-bond donors (Lipinski definition) is 2. The lowest BCUT2D eigenvalue weighted by Gasteiger charge is -2.08. The maximum atomic E-state index is 12.4. The van der Waals surface area contributed by atoms with Crippen molar-refractivity contribution in [2.24, 2.45) is 0 Å². The van der Waals surface area contributed by atoms with Gasteiger partial charge in [0.1, 0.15) is 5.75 Å². The molecule has 6 nitrogen and oxygen atoms in total. The minimum Gasteiger partial charge on any atom is -0.494 e. The van der Waals surface area contributed by atoms with E-state index in [1.54, 1.807) is 22.9 Å². The number of nitrogens with one attached hydrogen (secondary N) is 1. The van der Waals surface area contributed by atoms with Crippen molar-refractivity contribution in [1.29, 1.82) is 0 Å². The van der Waals surface area contributed by atoms with Gasteiger partial charge in [-0.3, -0.25) is 14.8 Å². The Morgan fingerprint density at radius 2 is 2.04 bits per heavy atom. The number of aryl methyl sites for hydroxylation is 2. The van der Waals surface area contributed by atoms with Crippen molar-refractivity contribution in [1.82, 2.24) is 10.0 Å². The van der Waals surface area contributed by atoms with Crippen LogP contribution in [0.25, 0.3) is 6.08 Å². The lowest BCUT2D eigenvalue weighted by molar-refractivity contribution is -0.124. The molecular formula is C20H24N2O4. The van der Waals surface area contributed by atoms with Gasteiger partial charge in [0.25, 0.3) is 11.5 Å². The molecule has 2 rings (SSSR count). The fourth-order valence-corrected chi connectivity index (χ4v) is 2.40. The highest BCUT2D eigenvalue weighted by Gasteiger charge is 2.02. The molecule has 0 aliphatic carbocycles. The molecule has 1 amide bonds. The summed E-state index contributed by atoms with van der Waals surface area (Å²) in [5.74, 6) is 0.176. The standard InChI is InChI=1S/C20H24N2O4/c1-2-3-15-26-18-9-6-16(7-10-18)12-14-22-13-4-5-17(20(22)24)8-11-19(23)21-25/h4-11,13,25H,2-3,12,14-15H2,1H3,(H,21,23)/b11-8+. The smallest absolute Gasteiger partial charge is 0.267 e. The fourth-order valence-electron chi connectivity index (χ4n) is 2.40. The van der Waals surface area contributed by atoms with Crippen molar-refractivity contribution in [3.05, 3.63) is 70.2 Å². The van der Waals surface area contributed by atoms with E-state index in [9.17, 15) is 9.59 Å². The molecule has 0 radical (unpaired) electrons. The number of unbranched alkanes of at least 4 members (excludes halogenated alkanes) is 1. The van der Waals surface area contributed by atoms with Gasteiger partial charge in [-0.1, -0.05) is 25.5 Å². The van der Waals surface area contributed by atoms with Gasteiger partial charge in [0.2, 0.25) is 0 Å². The van der Waals surface area contributed by atoms with Gasteiger partial charge in [-0.05, 0) is 48.7 Å². The highest BCUT2D eigenvalue weighted by Crippen LogP contribution is 2.13. The van der Waals surface area contributed by atoms with E-state index in [2.05, 4.69) is 6.92 Å². The van der Waals surface area contributed by atoms with Crippen LogP contribution in [0.1, 0.15) is 30.9 Å². The Labute approximate surface area is 152 Å². The molecule has 2 aromatic rings. The van der Waals surface area contributed by atoms with Gasteiger partial charge in [-0.2, -0.15) is 0 Å². The summed E-state index contributed by atoms with van der Waals surface area (Å²) in [5.41, 5.74) is 2.80. The number of carbonyl (C=O) groups excluding carboxylic acids is 1. The molecule has 0 fully saturated rings. The molecule has 1 heterocycles. The topological polar surface area (TPSA) is 80.6 Å². The fraction of sp³-hybridized carbons (Fsp3) is 0.300. The molecule has 0 unspecified atom stereocenters. The predicted molar refractivity (Wildman–Crippen MR) is 100 cm³/mol. The third kappa shape index (κ3) is 5.89. The van der Waals surface area contributed by atoms with Crippen molar-refractivity contribution in [2.75, 3.05) is 6.61 Å². The average molecular weight is 356 g/mol. The summed E-state index contributed by atoms with van der Waals surface area (Å²) in [6.07, 6.45) is 7.06.